The van der Waals surface area contributed by atoms with Crippen LogP contribution >= 0.6 is 0 Å². The summed E-state index contributed by atoms with van der Waals surface area (Å²) < 4.78 is 14.5. The summed E-state index contributed by atoms with van der Waals surface area (Å²) in [5, 5.41) is 7.65. The number of aryl methyl sites for hydroxylation is 1. The minimum Gasteiger partial charge on any atom is -0.359 e. The molecule has 3 aromatic rings. The van der Waals surface area contributed by atoms with Gasteiger partial charge < -0.3 is 5.32 Å². The molecule has 0 saturated heterocycles. The van der Waals surface area contributed by atoms with E-state index in [2.05, 4.69) is 25.4 Å². The molecule has 3 aromatic heterocycles. The summed E-state index contributed by atoms with van der Waals surface area (Å²) in [5.41, 5.74) is 1.76. The maximum absolute atomic E-state index is 12.8. The Balaban J connectivity index is 1.88. The molecule has 1 unspecified atom stereocenters. The highest BCUT2D eigenvalue weighted by molar-refractivity contribution is 5.51. The number of imidazole rings is 1. The van der Waals surface area contributed by atoms with Gasteiger partial charge in [-0.15, -0.1) is 5.10 Å². The summed E-state index contributed by atoms with van der Waals surface area (Å²) in [4.78, 5) is 12.1. The molecule has 1 N–H and O–H groups in total. The van der Waals surface area contributed by atoms with Crippen molar-refractivity contribution in [3.8, 4) is 0 Å². The molecule has 0 spiro atoms. The van der Waals surface area contributed by atoms with Crippen molar-refractivity contribution in [2.75, 3.05) is 5.32 Å². The predicted molar refractivity (Wildman–Crippen MR) is 71.8 cm³/mol. The van der Waals surface area contributed by atoms with E-state index in [0.717, 1.165) is 29.4 Å². The van der Waals surface area contributed by atoms with Gasteiger partial charge in [-0.25, -0.2) is 23.9 Å². The first-order valence-corrected chi connectivity index (χ1v) is 6.18. The Bertz CT molecular complexity index is 736. The van der Waals surface area contributed by atoms with Gasteiger partial charge in [-0.2, -0.15) is 0 Å². The molecular formula is C13H13FN6. The van der Waals surface area contributed by atoms with E-state index in [4.69, 9.17) is 0 Å². The van der Waals surface area contributed by atoms with E-state index >= 15 is 0 Å². The lowest BCUT2D eigenvalue weighted by Crippen LogP contribution is -2.13. The highest BCUT2D eigenvalue weighted by Gasteiger charge is 2.12. The fourth-order valence-corrected chi connectivity index (χ4v) is 1.90. The van der Waals surface area contributed by atoms with Crippen molar-refractivity contribution in [2.45, 2.75) is 19.9 Å². The van der Waals surface area contributed by atoms with Crippen molar-refractivity contribution >= 4 is 11.5 Å². The summed E-state index contributed by atoms with van der Waals surface area (Å²) >= 11 is 0. The van der Waals surface area contributed by atoms with E-state index in [0.29, 0.717) is 5.82 Å². The van der Waals surface area contributed by atoms with Crippen molar-refractivity contribution in [1.29, 1.82) is 0 Å². The number of rotatable bonds is 3. The zero-order valence-electron chi connectivity index (χ0n) is 11.1. The molecule has 0 radical (unpaired) electrons. The molecule has 7 heteroatoms. The fraction of sp³-hybridized carbons (Fsp3) is 0.231. The summed E-state index contributed by atoms with van der Waals surface area (Å²) in [6.07, 6.45) is 5.77. The second-order valence-electron chi connectivity index (χ2n) is 4.53. The lowest BCUT2D eigenvalue weighted by atomic mass is 10.2. The second kappa shape index (κ2) is 4.84. The van der Waals surface area contributed by atoms with Crippen molar-refractivity contribution < 1.29 is 4.39 Å². The Labute approximate surface area is 114 Å². The number of hydrogen-bond acceptors (Lipinski definition) is 5. The van der Waals surface area contributed by atoms with Crippen LogP contribution in [0, 0.1) is 12.7 Å². The Kier molecular flexibility index (Phi) is 3.02. The molecule has 0 aliphatic carbocycles. The number of nitrogens with zero attached hydrogens (tertiary/aromatic N) is 5. The van der Waals surface area contributed by atoms with Gasteiger partial charge in [0.1, 0.15) is 5.82 Å². The molecule has 0 saturated carbocycles. The number of hydrogen-bond donors (Lipinski definition) is 1. The van der Waals surface area contributed by atoms with Crippen molar-refractivity contribution in [1.82, 2.24) is 24.6 Å². The number of nitrogens with one attached hydrogen (secondary N) is 1. The van der Waals surface area contributed by atoms with Gasteiger partial charge in [0.25, 0.3) is 0 Å². The van der Waals surface area contributed by atoms with Gasteiger partial charge in [0, 0.05) is 12.4 Å². The van der Waals surface area contributed by atoms with E-state index in [-0.39, 0.29) is 6.04 Å². The minimum absolute atomic E-state index is 0.178. The van der Waals surface area contributed by atoms with Crippen LogP contribution in [0.2, 0.25) is 0 Å². The van der Waals surface area contributed by atoms with E-state index < -0.39 is 5.82 Å². The highest BCUT2D eigenvalue weighted by atomic mass is 19.1. The van der Waals surface area contributed by atoms with E-state index in [1.54, 1.807) is 16.9 Å². The number of anilines is 1. The van der Waals surface area contributed by atoms with Crippen LogP contribution in [0.25, 0.3) is 5.65 Å². The Morgan fingerprint density at radius 2 is 2.00 bits per heavy atom. The maximum atomic E-state index is 12.8. The van der Waals surface area contributed by atoms with Gasteiger partial charge in [0.2, 0.25) is 0 Å². The maximum Gasteiger partial charge on any atom is 0.159 e. The third-order valence-corrected chi connectivity index (χ3v) is 2.96. The molecule has 3 rings (SSSR count). The van der Waals surface area contributed by atoms with Gasteiger partial charge in [0.05, 0.1) is 18.4 Å². The molecule has 1 atom stereocenters. The molecule has 0 amide bonds. The number of halogens is 1. The first-order valence-electron chi connectivity index (χ1n) is 6.18. The fourth-order valence-electron chi connectivity index (χ4n) is 1.90. The first kappa shape index (κ1) is 12.5. The first-order chi connectivity index (χ1) is 9.63. The summed E-state index contributed by atoms with van der Waals surface area (Å²) in [5.74, 6) is 0.782. The van der Waals surface area contributed by atoms with E-state index in [1.807, 2.05) is 19.9 Å². The second-order valence-corrected chi connectivity index (χ2v) is 4.53. The van der Waals surface area contributed by atoms with Crippen LogP contribution in [-0.4, -0.2) is 24.6 Å². The Morgan fingerprint density at radius 1 is 1.25 bits per heavy atom. The molecule has 0 aromatic carbocycles. The van der Waals surface area contributed by atoms with E-state index in [9.17, 15) is 4.39 Å². The van der Waals surface area contributed by atoms with Crippen molar-refractivity contribution in [3.05, 3.63) is 48.1 Å². The van der Waals surface area contributed by atoms with Gasteiger partial charge in [-0.3, -0.25) is 0 Å². The van der Waals surface area contributed by atoms with Gasteiger partial charge in [-0.1, -0.05) is 0 Å². The molecule has 3 heterocycles. The topological polar surface area (TPSA) is 68.0 Å². The summed E-state index contributed by atoms with van der Waals surface area (Å²) in [6.45, 7) is 3.84. The van der Waals surface area contributed by atoms with Crippen LogP contribution in [0.5, 0.6) is 0 Å². The normalized spacial score (nSPS) is 12.6. The Hall–Kier alpha value is -2.57. The third-order valence-electron chi connectivity index (χ3n) is 2.96. The van der Waals surface area contributed by atoms with Crippen LogP contribution in [0.4, 0.5) is 10.2 Å². The SMILES string of the molecule is Cc1cc2nccn2nc1NC(C)c1ncc(F)cn1. The molecular weight excluding hydrogens is 259 g/mol. The smallest absolute Gasteiger partial charge is 0.159 e. The lowest BCUT2D eigenvalue weighted by molar-refractivity contribution is 0.604. The van der Waals surface area contributed by atoms with Crippen LogP contribution in [0.1, 0.15) is 24.4 Å². The quantitative estimate of drug-likeness (QED) is 0.791. The van der Waals surface area contributed by atoms with Crippen LogP contribution in [0.3, 0.4) is 0 Å². The number of aromatic nitrogens is 5. The van der Waals surface area contributed by atoms with Crippen molar-refractivity contribution in [3.63, 3.8) is 0 Å². The molecule has 0 bridgehead atoms. The molecule has 20 heavy (non-hydrogen) atoms. The molecule has 6 nitrogen and oxygen atoms in total. The third kappa shape index (κ3) is 2.29. The summed E-state index contributed by atoms with van der Waals surface area (Å²) in [7, 11) is 0. The lowest BCUT2D eigenvalue weighted by Gasteiger charge is -2.14. The zero-order chi connectivity index (χ0) is 14.1. The highest BCUT2D eigenvalue weighted by Crippen LogP contribution is 2.18. The van der Waals surface area contributed by atoms with Crippen molar-refractivity contribution in [2.24, 2.45) is 0 Å². The molecule has 102 valence electrons. The molecule has 0 aliphatic heterocycles. The average molecular weight is 272 g/mol. The molecule has 0 fully saturated rings. The largest absolute Gasteiger partial charge is 0.359 e. The monoisotopic (exact) mass is 272 g/mol. The van der Waals surface area contributed by atoms with Crippen LogP contribution in [-0.2, 0) is 0 Å². The number of fused-ring (bicyclic) bond motifs is 1. The standard InChI is InChI=1S/C13H13FN6/c1-8-5-11-15-3-4-20(11)19-12(8)18-9(2)13-16-6-10(14)7-17-13/h3-7,9H,1-2H3,(H,18,19). The van der Waals surface area contributed by atoms with Gasteiger partial charge in [-0.05, 0) is 25.5 Å². The van der Waals surface area contributed by atoms with Crippen LogP contribution < -0.4 is 5.32 Å². The van der Waals surface area contributed by atoms with Crippen LogP contribution in [0.15, 0.2) is 30.9 Å². The Morgan fingerprint density at radius 3 is 2.75 bits per heavy atom. The summed E-state index contributed by atoms with van der Waals surface area (Å²) in [6, 6.07) is 1.76. The van der Waals surface area contributed by atoms with Gasteiger partial charge >= 0.3 is 0 Å². The predicted octanol–water partition coefficient (Wildman–Crippen LogP) is 2.14. The zero-order valence-corrected chi connectivity index (χ0v) is 11.1. The average Bonchev–Trinajstić information content (AvgIpc) is 2.87. The van der Waals surface area contributed by atoms with E-state index in [1.165, 1.54) is 0 Å². The minimum atomic E-state index is -0.449. The molecule has 0 aliphatic rings. The van der Waals surface area contributed by atoms with Gasteiger partial charge in [0.15, 0.2) is 17.3 Å².